The molecule has 0 aliphatic heterocycles. The molecule has 19 heavy (non-hydrogen) atoms. The highest BCUT2D eigenvalue weighted by molar-refractivity contribution is 9.10. The van der Waals surface area contributed by atoms with Crippen LogP contribution in [0.15, 0.2) is 57.5 Å². The number of nitrogens with zero attached hydrogens (tertiary/aromatic N) is 1. The third-order valence-corrected chi connectivity index (χ3v) is 3.07. The Morgan fingerprint density at radius 2 is 1.37 bits per heavy atom. The number of hydrogen-bond donors (Lipinski definition) is 2. The van der Waals surface area contributed by atoms with Gasteiger partial charge < -0.3 is 0 Å². The third-order valence-electron chi connectivity index (χ3n) is 2.01. The molecule has 0 amide bonds. The maximum atomic E-state index is 10.1. The topological polar surface area (TPSA) is 75.4 Å². The van der Waals surface area contributed by atoms with Crippen molar-refractivity contribution >= 4 is 43.2 Å². The van der Waals surface area contributed by atoms with Crippen molar-refractivity contribution < 1.29 is 10.1 Å². The molecule has 2 aromatic carbocycles. The minimum atomic E-state index is -0.424. The largest absolute Gasteiger partial charge is 0.291 e. The SMILES string of the molecule is O=[N+]([O-])c1ccc(Br)cc1.ONc1ccc(Br)cc1. The Hall–Kier alpha value is -1.44. The van der Waals surface area contributed by atoms with Gasteiger partial charge in [0.1, 0.15) is 0 Å². The average molecular weight is 390 g/mol. The Kier molecular flexibility index (Phi) is 6.48. The molecule has 5 nitrogen and oxygen atoms in total. The lowest BCUT2D eigenvalue weighted by atomic mass is 10.3. The number of rotatable bonds is 2. The van der Waals surface area contributed by atoms with Crippen LogP contribution in [0.2, 0.25) is 0 Å². The summed E-state index contributed by atoms with van der Waals surface area (Å²) < 4.78 is 1.85. The van der Waals surface area contributed by atoms with Crippen LogP contribution in [0.3, 0.4) is 0 Å². The Labute approximate surface area is 126 Å². The molecule has 0 aromatic heterocycles. The van der Waals surface area contributed by atoms with Gasteiger partial charge in [-0.15, -0.1) is 0 Å². The minimum absolute atomic E-state index is 0.114. The molecule has 2 rings (SSSR count). The van der Waals surface area contributed by atoms with E-state index in [1.807, 2.05) is 17.6 Å². The van der Waals surface area contributed by atoms with E-state index in [1.165, 1.54) is 12.1 Å². The van der Waals surface area contributed by atoms with E-state index < -0.39 is 4.92 Å². The molecule has 0 atom stereocenters. The van der Waals surface area contributed by atoms with Crippen LogP contribution in [0.5, 0.6) is 0 Å². The van der Waals surface area contributed by atoms with Gasteiger partial charge in [0, 0.05) is 21.1 Å². The molecular weight excluding hydrogens is 380 g/mol. The van der Waals surface area contributed by atoms with Crippen molar-refractivity contribution in [2.24, 2.45) is 0 Å². The van der Waals surface area contributed by atoms with Gasteiger partial charge in [-0.3, -0.25) is 20.8 Å². The van der Waals surface area contributed by atoms with Gasteiger partial charge in [0.2, 0.25) is 0 Å². The molecule has 2 aromatic rings. The number of hydrogen-bond acceptors (Lipinski definition) is 4. The summed E-state index contributed by atoms with van der Waals surface area (Å²) >= 11 is 6.44. The van der Waals surface area contributed by atoms with Crippen molar-refractivity contribution in [1.29, 1.82) is 0 Å². The van der Waals surface area contributed by atoms with E-state index in [-0.39, 0.29) is 5.69 Å². The Morgan fingerprint density at radius 3 is 1.74 bits per heavy atom. The number of nitro benzene ring substituents is 1. The summed E-state index contributed by atoms with van der Waals surface area (Å²) in [7, 11) is 0. The van der Waals surface area contributed by atoms with Gasteiger partial charge in [-0.05, 0) is 36.4 Å². The lowest BCUT2D eigenvalue weighted by molar-refractivity contribution is -0.384. The number of benzene rings is 2. The molecule has 0 heterocycles. The molecule has 0 fully saturated rings. The summed E-state index contributed by atoms with van der Waals surface area (Å²) in [4.78, 5) is 9.68. The molecule has 0 saturated carbocycles. The van der Waals surface area contributed by atoms with E-state index in [9.17, 15) is 10.1 Å². The summed E-state index contributed by atoms with van der Waals surface area (Å²) in [6, 6.07) is 13.4. The summed E-state index contributed by atoms with van der Waals surface area (Å²) in [6.07, 6.45) is 0. The van der Waals surface area contributed by atoms with Gasteiger partial charge in [-0.25, -0.2) is 0 Å². The first kappa shape index (κ1) is 15.6. The Morgan fingerprint density at radius 1 is 0.947 bits per heavy atom. The van der Waals surface area contributed by atoms with E-state index >= 15 is 0 Å². The second kappa shape index (κ2) is 7.88. The molecule has 2 N–H and O–H groups in total. The molecule has 7 heteroatoms. The smallest absolute Gasteiger partial charge is 0.269 e. The molecule has 0 aliphatic rings. The van der Waals surface area contributed by atoms with Gasteiger partial charge in [-0.2, -0.15) is 0 Å². The van der Waals surface area contributed by atoms with Gasteiger partial charge >= 0.3 is 0 Å². The first-order chi connectivity index (χ1) is 9.02. The van der Waals surface area contributed by atoms with Crippen molar-refractivity contribution in [3.63, 3.8) is 0 Å². The van der Waals surface area contributed by atoms with Crippen LogP contribution in [0.4, 0.5) is 11.4 Å². The number of nitrogens with one attached hydrogen (secondary N) is 1. The van der Waals surface area contributed by atoms with Crippen LogP contribution in [0, 0.1) is 10.1 Å². The van der Waals surface area contributed by atoms with Crippen LogP contribution in [0.25, 0.3) is 0 Å². The number of anilines is 1. The van der Waals surface area contributed by atoms with E-state index in [0.717, 1.165) is 8.95 Å². The van der Waals surface area contributed by atoms with Crippen LogP contribution in [-0.4, -0.2) is 10.1 Å². The highest BCUT2D eigenvalue weighted by atomic mass is 79.9. The van der Waals surface area contributed by atoms with Crippen molar-refractivity contribution in [3.05, 3.63) is 67.6 Å². The predicted molar refractivity (Wildman–Crippen MR) is 80.3 cm³/mol. The molecule has 0 bridgehead atoms. The second-order valence-electron chi connectivity index (χ2n) is 3.35. The number of halogens is 2. The van der Waals surface area contributed by atoms with E-state index in [4.69, 9.17) is 5.21 Å². The lowest BCUT2D eigenvalue weighted by Crippen LogP contribution is -1.86. The first-order valence-electron chi connectivity index (χ1n) is 5.08. The fourth-order valence-corrected chi connectivity index (χ4v) is 1.62. The highest BCUT2D eigenvalue weighted by Gasteiger charge is 2.01. The number of non-ortho nitro benzene ring substituents is 1. The maximum absolute atomic E-state index is 10.1. The van der Waals surface area contributed by atoms with Crippen LogP contribution < -0.4 is 5.48 Å². The molecule has 0 unspecified atom stereocenters. The minimum Gasteiger partial charge on any atom is -0.291 e. The van der Waals surface area contributed by atoms with Gasteiger partial charge in [0.05, 0.1) is 10.6 Å². The molecule has 0 radical (unpaired) electrons. The average Bonchev–Trinajstić information content (AvgIpc) is 2.41. The fraction of sp³-hybridized carbons (Fsp3) is 0. The summed E-state index contributed by atoms with van der Waals surface area (Å²) in [6.45, 7) is 0. The third kappa shape index (κ3) is 5.82. The van der Waals surface area contributed by atoms with Gasteiger partial charge in [0.15, 0.2) is 0 Å². The van der Waals surface area contributed by atoms with Crippen LogP contribution in [0.1, 0.15) is 0 Å². The molecule has 0 saturated heterocycles. The molecule has 0 aliphatic carbocycles. The fourth-order valence-electron chi connectivity index (χ4n) is 1.09. The quantitative estimate of drug-likeness (QED) is 0.581. The lowest BCUT2D eigenvalue weighted by Gasteiger charge is -1.95. The zero-order valence-electron chi connectivity index (χ0n) is 9.59. The maximum Gasteiger partial charge on any atom is 0.269 e. The van der Waals surface area contributed by atoms with Crippen molar-refractivity contribution in [3.8, 4) is 0 Å². The normalized spacial score (nSPS) is 9.21. The zero-order valence-corrected chi connectivity index (χ0v) is 12.8. The van der Waals surface area contributed by atoms with Crippen LogP contribution >= 0.6 is 31.9 Å². The van der Waals surface area contributed by atoms with E-state index in [2.05, 4.69) is 31.9 Å². The predicted octanol–water partition coefficient (Wildman–Crippen LogP) is 4.61. The van der Waals surface area contributed by atoms with E-state index in [1.54, 1.807) is 24.3 Å². The molecule has 0 spiro atoms. The van der Waals surface area contributed by atoms with Crippen molar-refractivity contribution in [1.82, 2.24) is 0 Å². The van der Waals surface area contributed by atoms with Gasteiger partial charge in [0.25, 0.3) is 5.69 Å². The first-order valence-corrected chi connectivity index (χ1v) is 6.67. The standard InChI is InChI=1S/C6H4BrNO2.C6H6BrNO/c7-5-1-3-6(4-2-5)8(9)10;7-5-1-3-6(8-9)4-2-5/h1-4H;1-4,8-9H. The summed E-state index contributed by atoms with van der Waals surface area (Å²) in [5, 5.41) is 18.5. The number of nitro groups is 1. The van der Waals surface area contributed by atoms with Crippen molar-refractivity contribution in [2.75, 3.05) is 5.48 Å². The van der Waals surface area contributed by atoms with Crippen LogP contribution in [-0.2, 0) is 0 Å². The Bertz CT molecular complexity index is 530. The van der Waals surface area contributed by atoms with Crippen molar-refractivity contribution in [2.45, 2.75) is 0 Å². The Balaban J connectivity index is 0.000000191. The summed E-state index contributed by atoms with van der Waals surface area (Å²) in [5.41, 5.74) is 2.84. The summed E-state index contributed by atoms with van der Waals surface area (Å²) in [5.74, 6) is 0. The molecule has 100 valence electrons. The van der Waals surface area contributed by atoms with E-state index in [0.29, 0.717) is 5.69 Å². The van der Waals surface area contributed by atoms with Gasteiger partial charge in [-0.1, -0.05) is 31.9 Å². The molecular formula is C12H10Br2N2O3. The monoisotopic (exact) mass is 388 g/mol. The highest BCUT2D eigenvalue weighted by Crippen LogP contribution is 2.15. The zero-order chi connectivity index (χ0) is 14.3. The second-order valence-corrected chi connectivity index (χ2v) is 5.18.